The number of benzene rings is 2. The first-order chi connectivity index (χ1) is 14.2. The Balaban J connectivity index is 1.57. The van der Waals surface area contributed by atoms with Gasteiger partial charge in [0.05, 0.1) is 17.8 Å². The third-order valence-electron chi connectivity index (χ3n) is 4.59. The van der Waals surface area contributed by atoms with Crippen LogP contribution >= 0.6 is 0 Å². The lowest BCUT2D eigenvalue weighted by atomic mass is 10.1. The molecule has 0 atom stereocenters. The first-order valence-electron chi connectivity index (χ1n) is 9.38. The Labute approximate surface area is 172 Å². The van der Waals surface area contributed by atoms with Gasteiger partial charge in [-0.05, 0) is 43.7 Å². The molecular formula is C22H22F3N3O2. The van der Waals surface area contributed by atoms with Crippen molar-refractivity contribution in [2.75, 3.05) is 6.61 Å². The van der Waals surface area contributed by atoms with E-state index in [1.807, 2.05) is 48.9 Å². The number of amides is 1. The maximum Gasteiger partial charge on any atom is 0.422 e. The molecule has 0 saturated heterocycles. The van der Waals surface area contributed by atoms with Gasteiger partial charge in [-0.2, -0.15) is 18.3 Å². The Kier molecular flexibility index (Phi) is 6.44. The molecule has 0 spiro atoms. The number of ether oxygens (including phenoxy) is 1. The molecule has 1 N–H and O–H groups in total. The Hall–Kier alpha value is -3.29. The Bertz CT molecular complexity index is 997. The molecule has 0 aliphatic rings. The summed E-state index contributed by atoms with van der Waals surface area (Å²) in [6.07, 6.45) is -4.19. The van der Waals surface area contributed by atoms with Crippen LogP contribution in [-0.4, -0.2) is 28.5 Å². The molecule has 8 heteroatoms. The first kappa shape index (κ1) is 21.4. The summed E-state index contributed by atoms with van der Waals surface area (Å²) in [5.74, 6) is -0.0341. The number of rotatable bonds is 7. The van der Waals surface area contributed by atoms with Crippen LogP contribution in [0, 0.1) is 13.8 Å². The lowest BCUT2D eigenvalue weighted by Gasteiger charge is -2.10. The van der Waals surface area contributed by atoms with Gasteiger partial charge in [0.2, 0.25) is 5.91 Å². The van der Waals surface area contributed by atoms with Crippen LogP contribution in [0.5, 0.6) is 5.75 Å². The normalized spacial score (nSPS) is 11.4. The molecule has 0 aliphatic heterocycles. The summed E-state index contributed by atoms with van der Waals surface area (Å²) in [7, 11) is 0. The highest BCUT2D eigenvalue weighted by molar-refractivity contribution is 5.79. The zero-order chi connectivity index (χ0) is 21.7. The average molecular weight is 417 g/mol. The maximum atomic E-state index is 12.4. The maximum absolute atomic E-state index is 12.4. The van der Waals surface area contributed by atoms with Crippen molar-refractivity contribution in [2.45, 2.75) is 33.0 Å². The largest absolute Gasteiger partial charge is 0.484 e. The highest BCUT2D eigenvalue weighted by Crippen LogP contribution is 2.20. The fourth-order valence-electron chi connectivity index (χ4n) is 3.04. The number of alkyl halides is 3. The molecule has 1 aromatic heterocycles. The minimum absolute atomic E-state index is 0.127. The standard InChI is InChI=1S/C22H22F3N3O2/c1-15-20(16(2)28(27-15)18-6-4-3-5-7-18)12-21(29)26-13-17-8-10-19(11-9-17)30-14-22(23,24)25/h3-11H,12-14H2,1-2H3,(H,26,29). The number of nitrogens with zero attached hydrogens (tertiary/aromatic N) is 2. The number of hydrogen-bond acceptors (Lipinski definition) is 3. The van der Waals surface area contributed by atoms with Crippen LogP contribution < -0.4 is 10.1 Å². The molecule has 0 fully saturated rings. The highest BCUT2D eigenvalue weighted by atomic mass is 19.4. The number of aryl methyl sites for hydroxylation is 1. The third kappa shape index (κ3) is 5.62. The van der Waals surface area contributed by atoms with Gasteiger partial charge in [0.25, 0.3) is 0 Å². The zero-order valence-corrected chi connectivity index (χ0v) is 16.7. The van der Waals surface area contributed by atoms with Crippen molar-refractivity contribution >= 4 is 5.91 Å². The first-order valence-corrected chi connectivity index (χ1v) is 9.38. The predicted molar refractivity (Wildman–Crippen MR) is 107 cm³/mol. The van der Waals surface area contributed by atoms with E-state index >= 15 is 0 Å². The zero-order valence-electron chi connectivity index (χ0n) is 16.7. The van der Waals surface area contributed by atoms with Crippen LogP contribution in [0.15, 0.2) is 54.6 Å². The Morgan fingerprint density at radius 1 is 1.07 bits per heavy atom. The number of halogens is 3. The van der Waals surface area contributed by atoms with Gasteiger partial charge < -0.3 is 10.1 Å². The van der Waals surface area contributed by atoms with E-state index in [0.717, 1.165) is 28.2 Å². The molecule has 5 nitrogen and oxygen atoms in total. The quantitative estimate of drug-likeness (QED) is 0.624. The third-order valence-corrected chi connectivity index (χ3v) is 4.59. The van der Waals surface area contributed by atoms with Crippen LogP contribution in [0.1, 0.15) is 22.5 Å². The van der Waals surface area contributed by atoms with E-state index in [4.69, 9.17) is 0 Å². The van der Waals surface area contributed by atoms with E-state index in [-0.39, 0.29) is 24.6 Å². The summed E-state index contributed by atoms with van der Waals surface area (Å²) in [5.41, 5.74) is 4.25. The van der Waals surface area contributed by atoms with Gasteiger partial charge >= 0.3 is 6.18 Å². The molecule has 30 heavy (non-hydrogen) atoms. The smallest absolute Gasteiger partial charge is 0.422 e. The molecule has 0 radical (unpaired) electrons. The van der Waals surface area contributed by atoms with E-state index in [9.17, 15) is 18.0 Å². The molecular weight excluding hydrogens is 395 g/mol. The van der Waals surface area contributed by atoms with Crippen molar-refractivity contribution in [1.29, 1.82) is 0 Å². The van der Waals surface area contributed by atoms with E-state index in [0.29, 0.717) is 0 Å². The molecule has 3 aromatic rings. The summed E-state index contributed by atoms with van der Waals surface area (Å²) in [5, 5.41) is 7.37. The Morgan fingerprint density at radius 3 is 2.37 bits per heavy atom. The van der Waals surface area contributed by atoms with Crippen molar-refractivity contribution in [3.05, 3.63) is 77.1 Å². The lowest BCUT2D eigenvalue weighted by molar-refractivity contribution is -0.153. The van der Waals surface area contributed by atoms with Crippen LogP contribution in [0.2, 0.25) is 0 Å². The molecule has 1 heterocycles. The minimum Gasteiger partial charge on any atom is -0.484 e. The SMILES string of the molecule is Cc1nn(-c2ccccc2)c(C)c1CC(=O)NCc1ccc(OCC(F)(F)F)cc1. The number of nitrogens with one attached hydrogen (secondary N) is 1. The number of aromatic nitrogens is 2. The molecule has 3 rings (SSSR count). The molecule has 0 aliphatic carbocycles. The van der Waals surface area contributed by atoms with E-state index in [1.165, 1.54) is 12.1 Å². The summed E-state index contributed by atoms with van der Waals surface area (Å²) >= 11 is 0. The monoisotopic (exact) mass is 417 g/mol. The van der Waals surface area contributed by atoms with Crippen molar-refractivity contribution in [3.8, 4) is 11.4 Å². The average Bonchev–Trinajstić information content (AvgIpc) is 3.00. The number of hydrogen-bond donors (Lipinski definition) is 1. The fraction of sp³-hybridized carbons (Fsp3) is 0.273. The summed E-state index contributed by atoms with van der Waals surface area (Å²) in [6, 6.07) is 15.8. The molecule has 158 valence electrons. The molecule has 2 aromatic carbocycles. The van der Waals surface area contributed by atoms with Crippen molar-refractivity contribution in [1.82, 2.24) is 15.1 Å². The summed E-state index contributed by atoms with van der Waals surface area (Å²) in [6.45, 7) is 2.73. The van der Waals surface area contributed by atoms with E-state index in [1.54, 1.807) is 12.1 Å². The van der Waals surface area contributed by atoms with Crippen molar-refractivity contribution in [2.24, 2.45) is 0 Å². The van der Waals surface area contributed by atoms with E-state index in [2.05, 4.69) is 15.2 Å². The number of para-hydroxylation sites is 1. The Morgan fingerprint density at radius 2 is 1.73 bits per heavy atom. The highest BCUT2D eigenvalue weighted by Gasteiger charge is 2.28. The van der Waals surface area contributed by atoms with Gasteiger partial charge in [0.15, 0.2) is 6.61 Å². The fourth-order valence-corrected chi connectivity index (χ4v) is 3.04. The van der Waals surface area contributed by atoms with Crippen molar-refractivity contribution in [3.63, 3.8) is 0 Å². The van der Waals surface area contributed by atoms with Gasteiger partial charge in [-0.3, -0.25) is 4.79 Å². The number of carbonyl (C=O) groups is 1. The van der Waals surface area contributed by atoms with Crippen LogP contribution in [0.4, 0.5) is 13.2 Å². The molecule has 1 amide bonds. The topological polar surface area (TPSA) is 56.2 Å². The van der Waals surface area contributed by atoms with Gasteiger partial charge in [-0.25, -0.2) is 4.68 Å². The van der Waals surface area contributed by atoms with Crippen LogP contribution in [-0.2, 0) is 17.8 Å². The van der Waals surface area contributed by atoms with Gasteiger partial charge in [-0.1, -0.05) is 30.3 Å². The summed E-state index contributed by atoms with van der Waals surface area (Å²) in [4.78, 5) is 12.4. The van der Waals surface area contributed by atoms with Crippen molar-refractivity contribution < 1.29 is 22.7 Å². The second kappa shape index (κ2) is 9.02. The molecule has 0 saturated carbocycles. The van der Waals surface area contributed by atoms with Crippen LogP contribution in [0.3, 0.4) is 0 Å². The van der Waals surface area contributed by atoms with Gasteiger partial charge in [0.1, 0.15) is 5.75 Å². The van der Waals surface area contributed by atoms with Gasteiger partial charge in [0, 0.05) is 17.8 Å². The number of carbonyl (C=O) groups excluding carboxylic acids is 1. The summed E-state index contributed by atoms with van der Waals surface area (Å²) < 4.78 is 43.0. The molecule has 0 unspecified atom stereocenters. The lowest BCUT2D eigenvalue weighted by Crippen LogP contribution is -2.25. The van der Waals surface area contributed by atoms with E-state index < -0.39 is 12.8 Å². The van der Waals surface area contributed by atoms with Crippen LogP contribution in [0.25, 0.3) is 5.69 Å². The molecule has 0 bridgehead atoms. The second-order valence-corrected chi connectivity index (χ2v) is 6.90. The second-order valence-electron chi connectivity index (χ2n) is 6.90. The van der Waals surface area contributed by atoms with Gasteiger partial charge in [-0.15, -0.1) is 0 Å². The predicted octanol–water partition coefficient (Wildman–Crippen LogP) is 4.29. The minimum atomic E-state index is -4.38.